The lowest BCUT2D eigenvalue weighted by molar-refractivity contribution is -0.0573. The number of nitrogens with one attached hydrogen (secondary N) is 6. The Labute approximate surface area is 169 Å². The van der Waals surface area contributed by atoms with Crippen LogP contribution in [-0.4, -0.2) is 113 Å². The molecule has 0 aromatic carbocycles. The van der Waals surface area contributed by atoms with Crippen LogP contribution < -0.4 is 0 Å². The van der Waals surface area contributed by atoms with Gasteiger partial charge in [-0.3, -0.25) is 0 Å². The van der Waals surface area contributed by atoms with Gasteiger partial charge < -0.3 is 61.2 Å². The molecule has 0 heterocycles. The first-order valence-electron chi connectivity index (χ1n) is 8.79. The Bertz CT molecular complexity index is 509. The monoisotopic (exact) mass is 414 g/mol. The second-order valence-electron chi connectivity index (χ2n) is 5.58. The van der Waals surface area contributed by atoms with E-state index < -0.39 is 30.5 Å². The molecule has 0 amide bonds. The van der Waals surface area contributed by atoms with Gasteiger partial charge >= 0.3 is 0 Å². The summed E-state index contributed by atoms with van der Waals surface area (Å²) in [6.45, 7) is -0.400. The van der Waals surface area contributed by atoms with E-state index in [1.54, 1.807) is 0 Å². The van der Waals surface area contributed by atoms with Crippen molar-refractivity contribution in [3.8, 4) is 0 Å². The van der Waals surface area contributed by atoms with E-state index in [4.69, 9.17) is 61.2 Å². The molecule has 0 aliphatic heterocycles. The summed E-state index contributed by atoms with van der Waals surface area (Å²) in [5, 5.41) is 52.3. The van der Waals surface area contributed by atoms with Gasteiger partial charge in [0.25, 0.3) is 0 Å². The SMILES string of the molecule is N=CCOC(C=N)COC(C=N)COC(C=N)COC(C=N)COC(C=N)CO. The van der Waals surface area contributed by atoms with E-state index in [1.807, 2.05) is 0 Å². The van der Waals surface area contributed by atoms with E-state index in [2.05, 4.69) is 0 Å². The van der Waals surface area contributed by atoms with Gasteiger partial charge in [-0.1, -0.05) is 0 Å². The first-order valence-corrected chi connectivity index (χ1v) is 8.79. The van der Waals surface area contributed by atoms with Crippen LogP contribution in [0.5, 0.6) is 0 Å². The van der Waals surface area contributed by atoms with Crippen LogP contribution in [-0.2, 0) is 23.7 Å². The van der Waals surface area contributed by atoms with E-state index in [-0.39, 0.29) is 39.6 Å². The van der Waals surface area contributed by atoms with Gasteiger partial charge in [-0.05, 0) is 0 Å². The standard InChI is InChI=1S/C17H30N6O6/c18-1-2-25-14(4-20)9-27-16(6-22)11-29-17(7-23)12-28-15(5-21)10-26-13(3-19)8-24/h1,3-7,13-24H,2,8-12H2. The van der Waals surface area contributed by atoms with Crippen molar-refractivity contribution in [3.63, 3.8) is 0 Å². The minimum Gasteiger partial charge on any atom is -0.393 e. The molecule has 0 radical (unpaired) electrons. The Morgan fingerprint density at radius 2 is 0.828 bits per heavy atom. The van der Waals surface area contributed by atoms with Crippen molar-refractivity contribution >= 4 is 37.3 Å². The highest BCUT2D eigenvalue weighted by atomic mass is 16.6. The van der Waals surface area contributed by atoms with Crippen LogP contribution in [0.1, 0.15) is 0 Å². The summed E-state index contributed by atoms with van der Waals surface area (Å²) in [6, 6.07) is 0. The average molecular weight is 414 g/mol. The molecule has 0 aliphatic carbocycles. The fourth-order valence-corrected chi connectivity index (χ4v) is 1.78. The number of hydrogen-bond donors (Lipinski definition) is 7. The van der Waals surface area contributed by atoms with E-state index in [9.17, 15) is 0 Å². The molecule has 0 saturated carbocycles. The fourth-order valence-electron chi connectivity index (χ4n) is 1.78. The fraction of sp³-hybridized carbons (Fsp3) is 0.647. The van der Waals surface area contributed by atoms with Crippen molar-refractivity contribution in [3.05, 3.63) is 0 Å². The van der Waals surface area contributed by atoms with Crippen molar-refractivity contribution in [1.82, 2.24) is 0 Å². The first kappa shape index (κ1) is 26.8. The Morgan fingerprint density at radius 1 is 0.517 bits per heavy atom. The Hall–Kier alpha value is -2.22. The molecule has 7 N–H and O–H groups in total. The predicted octanol–water partition coefficient (Wildman–Crippen LogP) is -0.198. The van der Waals surface area contributed by atoms with Gasteiger partial charge in [0, 0.05) is 37.3 Å². The Balaban J connectivity index is 4.35. The van der Waals surface area contributed by atoms with Crippen molar-refractivity contribution in [2.24, 2.45) is 0 Å². The smallest absolute Gasteiger partial charge is 0.116 e. The van der Waals surface area contributed by atoms with Gasteiger partial charge in [0.2, 0.25) is 0 Å². The molecule has 29 heavy (non-hydrogen) atoms. The van der Waals surface area contributed by atoms with E-state index in [0.717, 1.165) is 37.3 Å². The zero-order chi connectivity index (χ0) is 21.9. The number of rotatable bonds is 21. The zero-order valence-corrected chi connectivity index (χ0v) is 16.1. The third-order valence-corrected chi connectivity index (χ3v) is 3.40. The van der Waals surface area contributed by atoms with Gasteiger partial charge in [-0.15, -0.1) is 0 Å². The number of hydrogen-bond acceptors (Lipinski definition) is 12. The molecule has 0 bridgehead atoms. The van der Waals surface area contributed by atoms with Crippen LogP contribution in [0.2, 0.25) is 0 Å². The van der Waals surface area contributed by atoms with Crippen LogP contribution in [0.25, 0.3) is 0 Å². The Morgan fingerprint density at radius 3 is 1.10 bits per heavy atom. The quantitative estimate of drug-likeness (QED) is 0.126. The average Bonchev–Trinajstić information content (AvgIpc) is 2.76. The number of aliphatic hydroxyl groups excluding tert-OH is 1. The van der Waals surface area contributed by atoms with Crippen LogP contribution in [0.3, 0.4) is 0 Å². The van der Waals surface area contributed by atoms with Gasteiger partial charge in [-0.2, -0.15) is 0 Å². The highest BCUT2D eigenvalue weighted by Crippen LogP contribution is 2.01. The summed E-state index contributed by atoms with van der Waals surface area (Å²) >= 11 is 0. The highest BCUT2D eigenvalue weighted by Gasteiger charge is 2.16. The van der Waals surface area contributed by atoms with Crippen molar-refractivity contribution < 1.29 is 28.8 Å². The summed E-state index contributed by atoms with van der Waals surface area (Å²) in [5.41, 5.74) is 0. The van der Waals surface area contributed by atoms with Crippen molar-refractivity contribution in [2.45, 2.75) is 30.5 Å². The first-order chi connectivity index (χ1) is 14.1. The number of ether oxygens (including phenoxy) is 5. The molecule has 12 nitrogen and oxygen atoms in total. The molecule has 0 spiro atoms. The lowest BCUT2D eigenvalue weighted by atomic mass is 10.3. The van der Waals surface area contributed by atoms with Crippen LogP contribution in [0, 0.1) is 32.5 Å². The third-order valence-electron chi connectivity index (χ3n) is 3.40. The summed E-state index contributed by atoms with van der Waals surface area (Å²) in [5.74, 6) is 0. The summed E-state index contributed by atoms with van der Waals surface area (Å²) in [4.78, 5) is 0. The molecular formula is C17H30N6O6. The number of aliphatic hydroxyl groups is 1. The minimum atomic E-state index is -0.769. The maximum Gasteiger partial charge on any atom is 0.116 e. The van der Waals surface area contributed by atoms with E-state index in [0.29, 0.717) is 0 Å². The maximum atomic E-state index is 8.97. The van der Waals surface area contributed by atoms with Gasteiger partial charge in [-0.25, -0.2) is 0 Å². The lowest BCUT2D eigenvalue weighted by Gasteiger charge is -2.21. The largest absolute Gasteiger partial charge is 0.393 e. The molecule has 0 aliphatic rings. The van der Waals surface area contributed by atoms with Gasteiger partial charge in [0.1, 0.15) is 30.5 Å². The molecular weight excluding hydrogens is 384 g/mol. The predicted molar refractivity (Wildman–Crippen MR) is 108 cm³/mol. The minimum absolute atomic E-state index is 0.0127. The summed E-state index contributed by atoms with van der Waals surface area (Å²) < 4.78 is 26.7. The summed E-state index contributed by atoms with van der Waals surface area (Å²) in [7, 11) is 0. The molecule has 0 aromatic heterocycles. The maximum absolute atomic E-state index is 8.97. The third kappa shape index (κ3) is 12.8. The molecule has 164 valence electrons. The van der Waals surface area contributed by atoms with Gasteiger partial charge in [0.15, 0.2) is 0 Å². The molecule has 0 aromatic rings. The van der Waals surface area contributed by atoms with Crippen molar-refractivity contribution in [2.75, 3.05) is 39.6 Å². The molecule has 5 unspecified atom stereocenters. The topological polar surface area (TPSA) is 209 Å². The molecule has 0 saturated heterocycles. The normalized spacial score (nSPS) is 16.0. The van der Waals surface area contributed by atoms with Crippen LogP contribution in [0.4, 0.5) is 0 Å². The molecule has 12 heteroatoms. The van der Waals surface area contributed by atoms with Crippen LogP contribution >= 0.6 is 0 Å². The molecule has 0 fully saturated rings. The van der Waals surface area contributed by atoms with Crippen molar-refractivity contribution in [1.29, 1.82) is 32.5 Å². The second kappa shape index (κ2) is 17.8. The van der Waals surface area contributed by atoms with Gasteiger partial charge in [0.05, 0.1) is 39.6 Å². The second-order valence-corrected chi connectivity index (χ2v) is 5.58. The van der Waals surface area contributed by atoms with E-state index in [1.165, 1.54) is 0 Å². The molecule has 5 atom stereocenters. The highest BCUT2D eigenvalue weighted by molar-refractivity contribution is 5.63. The summed E-state index contributed by atoms with van der Waals surface area (Å²) in [6.07, 6.45) is 2.50. The molecule has 0 rings (SSSR count). The van der Waals surface area contributed by atoms with Crippen LogP contribution in [0.15, 0.2) is 0 Å². The lowest BCUT2D eigenvalue weighted by Crippen LogP contribution is -2.34. The zero-order valence-electron chi connectivity index (χ0n) is 16.1. The Kier molecular flexibility index (Phi) is 16.5. The van der Waals surface area contributed by atoms with E-state index >= 15 is 0 Å².